The van der Waals surface area contributed by atoms with E-state index in [-0.39, 0.29) is 5.92 Å². The summed E-state index contributed by atoms with van der Waals surface area (Å²) in [4.78, 5) is 15.2. The summed E-state index contributed by atoms with van der Waals surface area (Å²) in [6, 6.07) is 10.4. The van der Waals surface area contributed by atoms with Crippen molar-refractivity contribution in [1.29, 1.82) is 0 Å². The van der Waals surface area contributed by atoms with Crippen LogP contribution >= 0.6 is 11.8 Å². The number of hydrogen-bond donors (Lipinski definition) is 0. The van der Waals surface area contributed by atoms with Crippen LogP contribution < -0.4 is 0 Å². The Bertz CT molecular complexity index is 438. The number of thioether (sulfide) groups is 1. The zero-order valence-electron chi connectivity index (χ0n) is 14.0. The van der Waals surface area contributed by atoms with Crippen LogP contribution in [0.5, 0.6) is 0 Å². The van der Waals surface area contributed by atoms with Crippen molar-refractivity contribution < 1.29 is 4.79 Å². The molecular weight excluding hydrogens is 290 g/mol. The van der Waals surface area contributed by atoms with Crippen LogP contribution in [0.2, 0.25) is 0 Å². The first-order valence-electron chi connectivity index (χ1n) is 8.70. The van der Waals surface area contributed by atoms with Crippen LogP contribution in [0.15, 0.2) is 30.3 Å². The number of carbonyl (C=O) groups is 1. The van der Waals surface area contributed by atoms with E-state index in [2.05, 4.69) is 43.0 Å². The maximum Gasteiger partial charge on any atom is 0.196 e. The molecule has 1 saturated carbocycles. The smallest absolute Gasteiger partial charge is 0.196 e. The molecule has 3 heteroatoms. The Hall–Kier alpha value is -0.800. The van der Waals surface area contributed by atoms with Crippen LogP contribution in [0.3, 0.4) is 0 Å². The van der Waals surface area contributed by atoms with Gasteiger partial charge >= 0.3 is 0 Å². The first-order chi connectivity index (χ1) is 10.8. The van der Waals surface area contributed by atoms with Gasteiger partial charge in [0.1, 0.15) is 0 Å². The molecular formula is C19H29NOS. The summed E-state index contributed by atoms with van der Waals surface area (Å²) in [6.45, 7) is 7.50. The molecule has 0 bridgehead atoms. The van der Waals surface area contributed by atoms with E-state index in [0.29, 0.717) is 11.0 Å². The summed E-state index contributed by atoms with van der Waals surface area (Å²) >= 11 is 1.54. The average Bonchev–Trinajstić information content (AvgIpc) is 3.07. The zero-order chi connectivity index (χ0) is 15.8. The minimum atomic E-state index is 0.102. The van der Waals surface area contributed by atoms with Gasteiger partial charge in [-0.05, 0) is 37.4 Å². The normalized spacial score (nSPS) is 17.0. The molecule has 0 saturated heterocycles. The second-order valence-electron chi connectivity index (χ2n) is 6.13. The first kappa shape index (κ1) is 17.6. The van der Waals surface area contributed by atoms with Gasteiger partial charge in [-0.3, -0.25) is 4.79 Å². The summed E-state index contributed by atoms with van der Waals surface area (Å²) in [6.07, 6.45) is 4.99. The monoisotopic (exact) mass is 319 g/mol. The molecule has 0 amide bonds. The number of carbonyl (C=O) groups excluding carboxylic acids is 1. The van der Waals surface area contributed by atoms with Crippen LogP contribution in [0, 0.1) is 5.92 Å². The molecule has 1 unspecified atom stereocenters. The van der Waals surface area contributed by atoms with Crippen LogP contribution in [0.1, 0.15) is 51.0 Å². The van der Waals surface area contributed by atoms with Crippen molar-refractivity contribution in [3.63, 3.8) is 0 Å². The predicted octanol–water partition coefficient (Wildman–Crippen LogP) is 4.56. The topological polar surface area (TPSA) is 20.3 Å². The van der Waals surface area contributed by atoms with Crippen molar-refractivity contribution in [3.8, 4) is 0 Å². The molecule has 1 fully saturated rings. The molecule has 122 valence electrons. The SMILES string of the molecule is CCN(CC)CCSC(=O)C(c1ccccc1)C1CCCC1. The fraction of sp³-hybridized carbons (Fsp3) is 0.632. The third-order valence-corrected chi connectivity index (χ3v) is 5.76. The largest absolute Gasteiger partial charge is 0.303 e. The van der Waals surface area contributed by atoms with Crippen LogP contribution in [0.25, 0.3) is 0 Å². The molecule has 2 nitrogen and oxygen atoms in total. The van der Waals surface area contributed by atoms with Crippen molar-refractivity contribution >= 4 is 16.9 Å². The van der Waals surface area contributed by atoms with Gasteiger partial charge in [0.2, 0.25) is 0 Å². The van der Waals surface area contributed by atoms with E-state index in [1.165, 1.54) is 31.2 Å². The zero-order valence-corrected chi connectivity index (χ0v) is 14.8. The van der Waals surface area contributed by atoms with Crippen molar-refractivity contribution in [2.24, 2.45) is 5.92 Å². The Labute approximate surface area is 139 Å². The fourth-order valence-electron chi connectivity index (χ4n) is 3.46. The van der Waals surface area contributed by atoms with Gasteiger partial charge in [-0.15, -0.1) is 0 Å². The Morgan fingerprint density at radius 3 is 2.41 bits per heavy atom. The maximum absolute atomic E-state index is 12.8. The average molecular weight is 320 g/mol. The lowest BCUT2D eigenvalue weighted by atomic mass is 9.86. The third-order valence-electron chi connectivity index (χ3n) is 4.83. The van der Waals surface area contributed by atoms with Crippen molar-refractivity contribution in [2.45, 2.75) is 45.4 Å². The highest BCUT2D eigenvalue weighted by molar-refractivity contribution is 8.13. The van der Waals surface area contributed by atoms with Crippen molar-refractivity contribution in [1.82, 2.24) is 4.90 Å². The van der Waals surface area contributed by atoms with Crippen molar-refractivity contribution in [3.05, 3.63) is 35.9 Å². The number of rotatable bonds is 8. The quantitative estimate of drug-likeness (QED) is 0.700. The minimum absolute atomic E-state index is 0.102. The van der Waals surface area contributed by atoms with E-state index in [4.69, 9.17) is 0 Å². The fourth-order valence-corrected chi connectivity index (χ4v) is 4.52. The highest BCUT2D eigenvalue weighted by Crippen LogP contribution is 2.39. The van der Waals surface area contributed by atoms with E-state index in [9.17, 15) is 4.79 Å². The standard InChI is InChI=1S/C19H29NOS/c1-3-20(4-2)14-15-22-19(21)18(17-12-8-9-13-17)16-10-6-5-7-11-16/h5-7,10-11,17-18H,3-4,8-9,12-15H2,1-2H3. The van der Waals surface area contributed by atoms with Gasteiger partial charge in [-0.1, -0.05) is 68.8 Å². The summed E-state index contributed by atoms with van der Waals surface area (Å²) in [5.74, 6) is 1.57. The van der Waals surface area contributed by atoms with Gasteiger partial charge in [0.25, 0.3) is 0 Å². The molecule has 0 spiro atoms. The molecule has 1 aromatic rings. The van der Waals surface area contributed by atoms with Gasteiger partial charge in [0.15, 0.2) is 5.12 Å². The first-order valence-corrected chi connectivity index (χ1v) is 9.68. The lowest BCUT2D eigenvalue weighted by Gasteiger charge is -2.23. The Morgan fingerprint density at radius 2 is 1.82 bits per heavy atom. The maximum atomic E-state index is 12.8. The van der Waals surface area contributed by atoms with E-state index in [1.54, 1.807) is 11.8 Å². The molecule has 1 aliphatic rings. The molecule has 1 aromatic carbocycles. The van der Waals surface area contributed by atoms with Crippen LogP contribution in [-0.2, 0) is 4.79 Å². The van der Waals surface area contributed by atoms with Gasteiger partial charge in [0.05, 0.1) is 5.92 Å². The van der Waals surface area contributed by atoms with Crippen molar-refractivity contribution in [2.75, 3.05) is 25.4 Å². The second kappa shape index (κ2) is 9.36. The van der Waals surface area contributed by atoms with E-state index in [1.807, 2.05) is 6.07 Å². The van der Waals surface area contributed by atoms with Gasteiger partial charge < -0.3 is 4.90 Å². The molecule has 0 aromatic heterocycles. The van der Waals surface area contributed by atoms with Gasteiger partial charge in [-0.2, -0.15) is 0 Å². The summed E-state index contributed by atoms with van der Waals surface area (Å²) in [7, 11) is 0. The molecule has 0 radical (unpaired) electrons. The lowest BCUT2D eigenvalue weighted by molar-refractivity contribution is -0.113. The second-order valence-corrected chi connectivity index (χ2v) is 7.23. The number of benzene rings is 1. The minimum Gasteiger partial charge on any atom is -0.303 e. The molecule has 0 heterocycles. The Kier molecular flexibility index (Phi) is 7.47. The molecule has 0 N–H and O–H groups in total. The third kappa shape index (κ3) is 4.85. The highest BCUT2D eigenvalue weighted by Gasteiger charge is 2.31. The molecule has 0 aliphatic heterocycles. The Balaban J connectivity index is 1.97. The summed E-state index contributed by atoms with van der Waals surface area (Å²) in [5, 5.41) is 0.380. The summed E-state index contributed by atoms with van der Waals surface area (Å²) < 4.78 is 0. The van der Waals surface area contributed by atoms with E-state index in [0.717, 1.165) is 25.4 Å². The predicted molar refractivity (Wildman–Crippen MR) is 96.4 cm³/mol. The molecule has 22 heavy (non-hydrogen) atoms. The van der Waals surface area contributed by atoms with E-state index < -0.39 is 0 Å². The molecule has 1 atom stereocenters. The number of hydrogen-bond acceptors (Lipinski definition) is 3. The van der Waals surface area contributed by atoms with Gasteiger partial charge in [-0.25, -0.2) is 0 Å². The summed E-state index contributed by atoms with van der Waals surface area (Å²) in [5.41, 5.74) is 1.22. The van der Waals surface area contributed by atoms with E-state index >= 15 is 0 Å². The van der Waals surface area contributed by atoms with Crippen LogP contribution in [0.4, 0.5) is 0 Å². The Morgan fingerprint density at radius 1 is 1.18 bits per heavy atom. The highest BCUT2D eigenvalue weighted by atomic mass is 32.2. The lowest BCUT2D eigenvalue weighted by Crippen LogP contribution is -2.26. The van der Waals surface area contributed by atoms with Crippen LogP contribution in [-0.4, -0.2) is 35.4 Å². The molecule has 2 rings (SSSR count). The number of nitrogens with zero attached hydrogens (tertiary/aromatic N) is 1. The molecule has 1 aliphatic carbocycles. The van der Waals surface area contributed by atoms with Gasteiger partial charge in [0, 0.05) is 12.3 Å².